The van der Waals surface area contributed by atoms with Crippen molar-refractivity contribution < 1.29 is 9.53 Å². The molecule has 0 radical (unpaired) electrons. The van der Waals surface area contributed by atoms with Crippen molar-refractivity contribution in [2.75, 3.05) is 20.1 Å². The molecular formula is C12H22N2O2. The normalized spacial score (nSPS) is 29.1. The molecule has 2 heterocycles. The van der Waals surface area contributed by atoms with Crippen LogP contribution in [-0.4, -0.2) is 42.8 Å². The zero-order valence-electron chi connectivity index (χ0n) is 10.3. The average Bonchev–Trinajstić information content (AvgIpc) is 2.57. The number of nitrogens with zero attached hydrogens (tertiary/aromatic N) is 1. The molecule has 92 valence electrons. The van der Waals surface area contributed by atoms with E-state index < -0.39 is 0 Å². The highest BCUT2D eigenvalue weighted by Crippen LogP contribution is 2.35. The predicted molar refractivity (Wildman–Crippen MR) is 62.4 cm³/mol. The van der Waals surface area contributed by atoms with Crippen LogP contribution in [0.4, 0.5) is 4.79 Å². The van der Waals surface area contributed by atoms with E-state index in [1.165, 1.54) is 6.42 Å². The van der Waals surface area contributed by atoms with Crippen LogP contribution in [0.15, 0.2) is 0 Å². The second kappa shape index (κ2) is 4.62. The lowest BCUT2D eigenvalue weighted by Crippen LogP contribution is -2.51. The molecule has 1 unspecified atom stereocenters. The monoisotopic (exact) mass is 226 g/mol. The van der Waals surface area contributed by atoms with Crippen LogP contribution >= 0.6 is 0 Å². The van der Waals surface area contributed by atoms with Crippen LogP contribution in [0.5, 0.6) is 0 Å². The molecule has 1 N–H and O–H groups in total. The topological polar surface area (TPSA) is 41.6 Å². The maximum absolute atomic E-state index is 11.4. The molecule has 0 bridgehead atoms. The first-order valence-corrected chi connectivity index (χ1v) is 6.34. The highest BCUT2D eigenvalue weighted by molar-refractivity contribution is 5.71. The van der Waals surface area contributed by atoms with Gasteiger partial charge in [-0.25, -0.2) is 4.79 Å². The largest absolute Gasteiger partial charge is 0.441 e. The van der Waals surface area contributed by atoms with Gasteiger partial charge in [0.1, 0.15) is 5.60 Å². The van der Waals surface area contributed by atoms with Gasteiger partial charge in [-0.3, -0.25) is 0 Å². The first-order chi connectivity index (χ1) is 7.66. The molecule has 4 nitrogen and oxygen atoms in total. The minimum atomic E-state index is -0.217. The van der Waals surface area contributed by atoms with Crippen LogP contribution < -0.4 is 5.32 Å². The molecule has 1 amide bonds. The lowest BCUT2D eigenvalue weighted by atomic mass is 9.82. The van der Waals surface area contributed by atoms with Crippen molar-refractivity contribution in [1.82, 2.24) is 10.2 Å². The summed E-state index contributed by atoms with van der Waals surface area (Å²) in [7, 11) is 2.12. The van der Waals surface area contributed by atoms with Gasteiger partial charge in [-0.1, -0.05) is 19.8 Å². The zero-order valence-corrected chi connectivity index (χ0v) is 10.3. The summed E-state index contributed by atoms with van der Waals surface area (Å²) < 4.78 is 5.57. The van der Waals surface area contributed by atoms with Crippen molar-refractivity contribution in [2.45, 2.75) is 50.7 Å². The summed E-state index contributed by atoms with van der Waals surface area (Å²) in [5, 5.41) is 2.98. The fourth-order valence-electron chi connectivity index (χ4n) is 2.75. The Morgan fingerprint density at radius 2 is 2.19 bits per heavy atom. The van der Waals surface area contributed by atoms with Crippen molar-refractivity contribution in [3.8, 4) is 0 Å². The predicted octanol–water partition coefficient (Wildman–Crippen LogP) is 1.75. The van der Waals surface area contributed by atoms with E-state index in [2.05, 4.69) is 24.2 Å². The Balaban J connectivity index is 2.02. The summed E-state index contributed by atoms with van der Waals surface area (Å²) in [5.74, 6) is 0. The molecule has 2 aliphatic rings. The van der Waals surface area contributed by atoms with E-state index in [0.29, 0.717) is 0 Å². The van der Waals surface area contributed by atoms with E-state index in [4.69, 9.17) is 4.74 Å². The molecule has 2 saturated heterocycles. The smallest absolute Gasteiger partial charge is 0.408 e. The van der Waals surface area contributed by atoms with Gasteiger partial charge in [0.15, 0.2) is 0 Å². The van der Waals surface area contributed by atoms with Crippen LogP contribution in [0.3, 0.4) is 0 Å². The lowest BCUT2D eigenvalue weighted by molar-refractivity contribution is -0.0150. The number of unbranched alkanes of at least 4 members (excludes halogenated alkanes) is 1. The van der Waals surface area contributed by atoms with Gasteiger partial charge in [-0.05, 0) is 13.5 Å². The van der Waals surface area contributed by atoms with Crippen LogP contribution in [0.1, 0.15) is 39.0 Å². The Morgan fingerprint density at radius 1 is 1.50 bits per heavy atom. The zero-order chi connectivity index (χ0) is 11.6. The number of amides is 1. The molecule has 2 fully saturated rings. The first-order valence-electron chi connectivity index (χ1n) is 6.34. The average molecular weight is 226 g/mol. The Morgan fingerprint density at radius 3 is 2.81 bits per heavy atom. The Hall–Kier alpha value is -0.770. The Kier molecular flexibility index (Phi) is 3.38. The van der Waals surface area contributed by atoms with Crippen LogP contribution in [-0.2, 0) is 4.74 Å². The first kappa shape index (κ1) is 11.7. The second-order valence-corrected chi connectivity index (χ2v) is 5.10. The van der Waals surface area contributed by atoms with E-state index in [9.17, 15) is 4.79 Å². The number of hydrogen-bond donors (Lipinski definition) is 1. The number of hydrogen-bond acceptors (Lipinski definition) is 3. The van der Waals surface area contributed by atoms with E-state index in [-0.39, 0.29) is 17.7 Å². The van der Waals surface area contributed by atoms with Crippen LogP contribution in [0, 0.1) is 0 Å². The molecular weight excluding hydrogens is 204 g/mol. The van der Waals surface area contributed by atoms with Crippen molar-refractivity contribution >= 4 is 6.09 Å². The van der Waals surface area contributed by atoms with Crippen molar-refractivity contribution in [2.24, 2.45) is 0 Å². The molecule has 0 aromatic rings. The minimum absolute atomic E-state index is 0.210. The molecule has 4 heteroatoms. The van der Waals surface area contributed by atoms with Crippen LogP contribution in [0.25, 0.3) is 0 Å². The molecule has 0 aromatic heterocycles. The summed E-state index contributed by atoms with van der Waals surface area (Å²) in [6.45, 7) is 4.23. The number of ether oxygens (including phenoxy) is 1. The summed E-state index contributed by atoms with van der Waals surface area (Å²) in [6, 6.07) is 0.230. The van der Waals surface area contributed by atoms with E-state index in [1.807, 2.05) is 0 Å². The number of carbonyl (C=O) groups is 1. The highest BCUT2D eigenvalue weighted by atomic mass is 16.6. The van der Waals surface area contributed by atoms with E-state index >= 15 is 0 Å². The third-order valence-corrected chi connectivity index (χ3v) is 3.90. The number of nitrogens with one attached hydrogen (secondary N) is 1. The molecule has 0 aromatic carbocycles. The Labute approximate surface area is 97.3 Å². The standard InChI is InChI=1S/C12H22N2O2/c1-3-4-5-10-12(16-11(15)13-10)6-8-14(2)9-7-12/h10H,3-9H2,1-2H3,(H,13,15). The van der Waals surface area contributed by atoms with Gasteiger partial charge in [0.05, 0.1) is 6.04 Å². The molecule has 0 saturated carbocycles. The van der Waals surface area contributed by atoms with Gasteiger partial charge in [-0.15, -0.1) is 0 Å². The number of carbonyl (C=O) groups excluding carboxylic acids is 1. The van der Waals surface area contributed by atoms with Gasteiger partial charge >= 0.3 is 6.09 Å². The minimum Gasteiger partial charge on any atom is -0.441 e. The van der Waals surface area contributed by atoms with Crippen LogP contribution in [0.2, 0.25) is 0 Å². The third-order valence-electron chi connectivity index (χ3n) is 3.90. The maximum atomic E-state index is 11.4. The molecule has 0 aliphatic carbocycles. The number of likely N-dealkylation sites (tertiary alicyclic amines) is 1. The SMILES string of the molecule is CCCCC1NC(=O)OC12CCN(C)CC2. The van der Waals surface area contributed by atoms with E-state index in [1.54, 1.807) is 0 Å². The molecule has 16 heavy (non-hydrogen) atoms. The summed E-state index contributed by atoms with van der Waals surface area (Å²) >= 11 is 0. The number of alkyl carbamates (subject to hydrolysis) is 1. The van der Waals surface area contributed by atoms with E-state index in [0.717, 1.165) is 38.8 Å². The fourth-order valence-corrected chi connectivity index (χ4v) is 2.75. The van der Waals surface area contributed by atoms with Gasteiger partial charge in [0.2, 0.25) is 0 Å². The molecule has 2 rings (SSSR count). The van der Waals surface area contributed by atoms with Gasteiger partial charge in [0.25, 0.3) is 0 Å². The van der Waals surface area contributed by atoms with Crippen molar-refractivity contribution in [1.29, 1.82) is 0 Å². The fraction of sp³-hybridized carbons (Fsp3) is 0.917. The van der Waals surface area contributed by atoms with Crippen molar-refractivity contribution in [3.05, 3.63) is 0 Å². The number of piperidine rings is 1. The maximum Gasteiger partial charge on any atom is 0.408 e. The highest BCUT2D eigenvalue weighted by Gasteiger charge is 2.49. The quantitative estimate of drug-likeness (QED) is 0.797. The second-order valence-electron chi connectivity index (χ2n) is 5.10. The summed E-state index contributed by atoms with van der Waals surface area (Å²) in [4.78, 5) is 13.7. The Bertz CT molecular complexity index is 260. The summed E-state index contributed by atoms with van der Waals surface area (Å²) in [5.41, 5.74) is -0.210. The lowest BCUT2D eigenvalue weighted by Gasteiger charge is -2.39. The summed E-state index contributed by atoms with van der Waals surface area (Å²) in [6.07, 6.45) is 5.10. The molecule has 1 spiro atoms. The molecule has 1 atom stereocenters. The molecule has 2 aliphatic heterocycles. The van der Waals surface area contributed by atoms with Gasteiger partial charge in [-0.2, -0.15) is 0 Å². The number of rotatable bonds is 3. The van der Waals surface area contributed by atoms with Gasteiger partial charge < -0.3 is 15.0 Å². The third kappa shape index (κ3) is 2.17. The van der Waals surface area contributed by atoms with Crippen molar-refractivity contribution in [3.63, 3.8) is 0 Å². The van der Waals surface area contributed by atoms with Gasteiger partial charge in [0, 0.05) is 25.9 Å².